The average molecular weight is 360 g/mol. The molecule has 0 N–H and O–H groups in total. The number of para-hydroxylation sites is 1. The van der Waals surface area contributed by atoms with E-state index in [1.807, 2.05) is 24.3 Å². The Kier molecular flexibility index (Phi) is 4.02. The number of aromatic nitrogens is 2. The van der Waals surface area contributed by atoms with Crippen molar-refractivity contribution in [3.8, 4) is 11.1 Å². The topological polar surface area (TPSA) is 17.8 Å². The largest absolute Gasteiger partial charge is 0.321 e. The fourth-order valence-corrected chi connectivity index (χ4v) is 3.93. The van der Waals surface area contributed by atoms with E-state index in [-0.39, 0.29) is 0 Å². The van der Waals surface area contributed by atoms with Crippen LogP contribution in [0.25, 0.3) is 39.1 Å². The van der Waals surface area contributed by atoms with Gasteiger partial charge >= 0.3 is 0 Å². The Morgan fingerprint density at radius 3 is 2.25 bits per heavy atom. The van der Waals surface area contributed by atoms with Gasteiger partial charge in [-0.1, -0.05) is 85.4 Å². The average Bonchev–Trinajstić information content (AvgIpc) is 3.05. The van der Waals surface area contributed by atoms with Crippen molar-refractivity contribution >= 4 is 28.0 Å². The van der Waals surface area contributed by atoms with Crippen LogP contribution in [0.4, 0.5) is 0 Å². The van der Waals surface area contributed by atoms with E-state index in [1.165, 1.54) is 16.7 Å². The van der Waals surface area contributed by atoms with Gasteiger partial charge in [-0.05, 0) is 29.3 Å². The van der Waals surface area contributed by atoms with Gasteiger partial charge in [-0.3, -0.25) is 0 Å². The second kappa shape index (κ2) is 6.82. The summed E-state index contributed by atoms with van der Waals surface area (Å²) < 4.78 is 2.28. The molecule has 0 spiro atoms. The molecule has 0 fully saturated rings. The number of hydrogen-bond acceptors (Lipinski definition) is 1. The highest BCUT2D eigenvalue weighted by molar-refractivity contribution is 6.04. The normalized spacial score (nSPS) is 11.1. The molecule has 0 unspecified atom stereocenters. The zero-order valence-electron chi connectivity index (χ0n) is 15.5. The Morgan fingerprint density at radius 1 is 0.821 bits per heavy atom. The van der Waals surface area contributed by atoms with E-state index in [1.54, 1.807) is 0 Å². The summed E-state index contributed by atoms with van der Waals surface area (Å²) in [5.41, 5.74) is 6.74. The van der Waals surface area contributed by atoms with Crippen molar-refractivity contribution in [2.24, 2.45) is 0 Å². The Morgan fingerprint density at radius 2 is 1.50 bits per heavy atom. The summed E-state index contributed by atoms with van der Waals surface area (Å²) in [6.45, 7) is 4.90. The Bertz CT molecular complexity index is 1280. The quantitative estimate of drug-likeness (QED) is 0.355. The van der Waals surface area contributed by atoms with Crippen molar-refractivity contribution < 1.29 is 0 Å². The van der Waals surface area contributed by atoms with Crippen LogP contribution >= 0.6 is 0 Å². The first-order chi connectivity index (χ1) is 13.8. The Labute approximate surface area is 164 Å². The number of hydrogen-bond donors (Lipinski definition) is 0. The maximum Gasteiger partial charge on any atom is 0.142 e. The molecule has 134 valence electrons. The second-order valence-electron chi connectivity index (χ2n) is 6.95. The molecule has 0 aliphatic heterocycles. The van der Waals surface area contributed by atoms with Gasteiger partial charge in [-0.2, -0.15) is 0 Å². The van der Waals surface area contributed by atoms with Gasteiger partial charge in [-0.15, -0.1) is 0 Å². The lowest BCUT2D eigenvalue weighted by atomic mass is 10.0. The first-order valence-corrected chi connectivity index (χ1v) is 9.49. The molecular formula is C26H20N2. The van der Waals surface area contributed by atoms with Crippen LogP contribution < -0.4 is 0 Å². The predicted molar refractivity (Wildman–Crippen MR) is 118 cm³/mol. The van der Waals surface area contributed by atoms with Gasteiger partial charge in [0.25, 0.3) is 0 Å². The zero-order chi connectivity index (χ0) is 18.9. The van der Waals surface area contributed by atoms with Crippen LogP contribution in [-0.2, 0) is 6.54 Å². The second-order valence-corrected chi connectivity index (χ2v) is 6.95. The molecule has 0 saturated heterocycles. The highest BCUT2D eigenvalue weighted by atomic mass is 15.0. The van der Waals surface area contributed by atoms with Crippen molar-refractivity contribution in [2.75, 3.05) is 0 Å². The minimum atomic E-state index is 0.761. The predicted octanol–water partition coefficient (Wildman–Crippen LogP) is 6.55. The molecule has 0 aliphatic carbocycles. The SMILES string of the molecule is C=Cc1c(-c2ccccc2)c2cc3ccccc3nc2n1Cc1ccccc1. The van der Waals surface area contributed by atoms with Gasteiger partial charge in [-0.25, -0.2) is 4.98 Å². The molecule has 0 radical (unpaired) electrons. The first kappa shape index (κ1) is 16.5. The molecule has 0 bridgehead atoms. The Balaban J connectivity index is 1.86. The summed E-state index contributed by atoms with van der Waals surface area (Å²) in [4.78, 5) is 5.04. The molecule has 2 aromatic heterocycles. The van der Waals surface area contributed by atoms with Crippen molar-refractivity contribution in [1.82, 2.24) is 9.55 Å². The lowest BCUT2D eigenvalue weighted by Crippen LogP contribution is -2.03. The van der Waals surface area contributed by atoms with E-state index in [4.69, 9.17) is 4.98 Å². The van der Waals surface area contributed by atoms with Crippen LogP contribution in [0.1, 0.15) is 11.3 Å². The van der Waals surface area contributed by atoms with Crippen LogP contribution in [0, 0.1) is 0 Å². The van der Waals surface area contributed by atoms with Gasteiger partial charge < -0.3 is 4.57 Å². The summed E-state index contributed by atoms with van der Waals surface area (Å²) in [5.74, 6) is 0. The van der Waals surface area contributed by atoms with E-state index in [0.717, 1.165) is 34.2 Å². The highest BCUT2D eigenvalue weighted by Crippen LogP contribution is 2.37. The summed E-state index contributed by atoms with van der Waals surface area (Å²) in [5, 5.41) is 2.32. The lowest BCUT2D eigenvalue weighted by molar-refractivity contribution is 0.819. The highest BCUT2D eigenvalue weighted by Gasteiger charge is 2.18. The molecule has 2 heterocycles. The van der Waals surface area contributed by atoms with Crippen molar-refractivity contribution in [3.05, 3.63) is 109 Å². The van der Waals surface area contributed by atoms with Crippen LogP contribution in [0.5, 0.6) is 0 Å². The molecule has 2 heteroatoms. The fourth-order valence-electron chi connectivity index (χ4n) is 3.93. The number of rotatable bonds is 4. The molecule has 0 atom stereocenters. The van der Waals surface area contributed by atoms with Gasteiger partial charge in [0.05, 0.1) is 11.2 Å². The van der Waals surface area contributed by atoms with Crippen molar-refractivity contribution in [1.29, 1.82) is 0 Å². The Hall–Kier alpha value is -3.65. The van der Waals surface area contributed by atoms with E-state index in [9.17, 15) is 0 Å². The molecule has 0 amide bonds. The molecule has 5 rings (SSSR count). The van der Waals surface area contributed by atoms with E-state index >= 15 is 0 Å². The van der Waals surface area contributed by atoms with E-state index < -0.39 is 0 Å². The molecular weight excluding hydrogens is 340 g/mol. The molecule has 0 aliphatic rings. The lowest BCUT2D eigenvalue weighted by Gasteiger charge is -2.09. The molecule has 2 nitrogen and oxygen atoms in total. The standard InChI is InChI=1S/C26H20N2/c1-2-24-25(20-13-7-4-8-14-20)22-17-21-15-9-10-16-23(21)27-26(22)28(24)18-19-11-5-3-6-12-19/h2-17H,1,18H2. The van der Waals surface area contributed by atoms with Gasteiger partial charge in [0.2, 0.25) is 0 Å². The summed E-state index contributed by atoms with van der Waals surface area (Å²) >= 11 is 0. The zero-order valence-corrected chi connectivity index (χ0v) is 15.5. The first-order valence-electron chi connectivity index (χ1n) is 9.49. The number of fused-ring (bicyclic) bond motifs is 2. The number of benzene rings is 3. The van der Waals surface area contributed by atoms with Gasteiger partial charge in [0.15, 0.2) is 0 Å². The molecule has 3 aromatic carbocycles. The van der Waals surface area contributed by atoms with Crippen molar-refractivity contribution in [2.45, 2.75) is 6.54 Å². The van der Waals surface area contributed by atoms with E-state index in [0.29, 0.717) is 0 Å². The smallest absolute Gasteiger partial charge is 0.142 e. The third-order valence-electron chi connectivity index (χ3n) is 5.22. The third kappa shape index (κ3) is 2.71. The monoisotopic (exact) mass is 360 g/mol. The minimum Gasteiger partial charge on any atom is -0.321 e. The fraction of sp³-hybridized carbons (Fsp3) is 0.0385. The molecule has 5 aromatic rings. The van der Waals surface area contributed by atoms with Crippen LogP contribution in [0.15, 0.2) is 97.6 Å². The maximum absolute atomic E-state index is 5.04. The summed E-state index contributed by atoms with van der Waals surface area (Å²) in [6.07, 6.45) is 1.96. The van der Waals surface area contributed by atoms with Crippen LogP contribution in [0.2, 0.25) is 0 Å². The van der Waals surface area contributed by atoms with Crippen LogP contribution in [-0.4, -0.2) is 9.55 Å². The summed E-state index contributed by atoms with van der Waals surface area (Å²) in [6, 6.07) is 31.6. The molecule has 28 heavy (non-hydrogen) atoms. The van der Waals surface area contributed by atoms with Crippen molar-refractivity contribution in [3.63, 3.8) is 0 Å². The summed E-state index contributed by atoms with van der Waals surface area (Å²) in [7, 11) is 0. The van der Waals surface area contributed by atoms with Gasteiger partial charge in [0.1, 0.15) is 5.65 Å². The molecule has 0 saturated carbocycles. The van der Waals surface area contributed by atoms with Crippen LogP contribution in [0.3, 0.4) is 0 Å². The van der Waals surface area contributed by atoms with E-state index in [2.05, 4.69) is 83.9 Å². The number of nitrogens with zero attached hydrogens (tertiary/aromatic N) is 2. The minimum absolute atomic E-state index is 0.761. The third-order valence-corrected chi connectivity index (χ3v) is 5.22. The number of pyridine rings is 1. The maximum atomic E-state index is 5.04. The van der Waals surface area contributed by atoms with Gasteiger partial charge in [0, 0.05) is 22.9 Å².